The van der Waals surface area contributed by atoms with Gasteiger partial charge in [0.25, 0.3) is 0 Å². The number of benzene rings is 1. The van der Waals surface area contributed by atoms with Crippen LogP contribution < -0.4 is 5.32 Å². The molecule has 0 aliphatic heterocycles. The lowest BCUT2D eigenvalue weighted by atomic mass is 10.1. The minimum atomic E-state index is 0.246. The van der Waals surface area contributed by atoms with Gasteiger partial charge in [-0.3, -0.25) is 0 Å². The third kappa shape index (κ3) is 3.21. The average molecular weight is 229 g/mol. The highest BCUT2D eigenvalue weighted by Gasteiger charge is 2.06. The molecule has 2 nitrogen and oxygen atoms in total. The third-order valence-corrected chi connectivity index (χ3v) is 3.01. The van der Waals surface area contributed by atoms with E-state index in [1.807, 2.05) is 12.1 Å². The predicted molar refractivity (Wildman–Crippen MR) is 69.8 cm³/mol. The van der Waals surface area contributed by atoms with Crippen molar-refractivity contribution in [2.24, 2.45) is 0 Å². The molecule has 90 valence electrons. The molecule has 0 saturated carbocycles. The zero-order valence-electron chi connectivity index (χ0n) is 10.4. The zero-order chi connectivity index (χ0) is 12.1. The largest absolute Gasteiger partial charge is 0.468 e. The van der Waals surface area contributed by atoms with Gasteiger partial charge < -0.3 is 9.73 Å². The molecular weight excluding hydrogens is 210 g/mol. The first-order valence-corrected chi connectivity index (χ1v) is 6.14. The second-order valence-electron chi connectivity index (χ2n) is 4.29. The van der Waals surface area contributed by atoms with Crippen LogP contribution in [0, 0.1) is 0 Å². The monoisotopic (exact) mass is 229 g/mol. The Morgan fingerprint density at radius 1 is 1.12 bits per heavy atom. The molecule has 1 N–H and O–H groups in total. The summed E-state index contributed by atoms with van der Waals surface area (Å²) in [6, 6.07) is 12.9. The molecule has 1 aromatic carbocycles. The number of aryl methyl sites for hydroxylation is 1. The van der Waals surface area contributed by atoms with Crippen molar-refractivity contribution >= 4 is 0 Å². The van der Waals surface area contributed by atoms with Gasteiger partial charge in [-0.15, -0.1) is 0 Å². The Morgan fingerprint density at radius 3 is 2.41 bits per heavy atom. The van der Waals surface area contributed by atoms with Crippen LogP contribution in [0.4, 0.5) is 0 Å². The Balaban J connectivity index is 1.89. The summed E-state index contributed by atoms with van der Waals surface area (Å²) in [4.78, 5) is 0. The van der Waals surface area contributed by atoms with Crippen molar-refractivity contribution in [3.8, 4) is 0 Å². The topological polar surface area (TPSA) is 25.2 Å². The predicted octanol–water partition coefficient (Wildman–Crippen LogP) is 3.69. The summed E-state index contributed by atoms with van der Waals surface area (Å²) in [5.74, 6) is 0.982. The first-order valence-electron chi connectivity index (χ1n) is 6.14. The van der Waals surface area contributed by atoms with E-state index >= 15 is 0 Å². The lowest BCUT2D eigenvalue weighted by molar-refractivity contribution is 0.430. The Hall–Kier alpha value is -1.54. The summed E-state index contributed by atoms with van der Waals surface area (Å²) in [5, 5.41) is 3.45. The van der Waals surface area contributed by atoms with E-state index < -0.39 is 0 Å². The van der Waals surface area contributed by atoms with Crippen molar-refractivity contribution in [3.63, 3.8) is 0 Å². The van der Waals surface area contributed by atoms with Crippen LogP contribution in [0.5, 0.6) is 0 Å². The maximum absolute atomic E-state index is 5.36. The molecule has 0 radical (unpaired) electrons. The van der Waals surface area contributed by atoms with Gasteiger partial charge in [0, 0.05) is 6.54 Å². The molecule has 1 heterocycles. The molecule has 0 amide bonds. The van der Waals surface area contributed by atoms with Crippen LogP contribution in [0.2, 0.25) is 0 Å². The van der Waals surface area contributed by atoms with Gasteiger partial charge >= 0.3 is 0 Å². The summed E-state index contributed by atoms with van der Waals surface area (Å²) in [6.07, 6.45) is 2.81. The molecule has 2 aromatic rings. The van der Waals surface area contributed by atoms with Gasteiger partial charge in [-0.2, -0.15) is 0 Å². The number of hydrogen-bond acceptors (Lipinski definition) is 2. The second kappa shape index (κ2) is 5.69. The van der Waals surface area contributed by atoms with Gasteiger partial charge in [-0.1, -0.05) is 31.2 Å². The van der Waals surface area contributed by atoms with Crippen molar-refractivity contribution < 1.29 is 4.42 Å². The maximum Gasteiger partial charge on any atom is 0.120 e. The average Bonchev–Trinajstić information content (AvgIpc) is 2.90. The van der Waals surface area contributed by atoms with Gasteiger partial charge in [0.1, 0.15) is 5.76 Å². The maximum atomic E-state index is 5.36. The van der Waals surface area contributed by atoms with Crippen molar-refractivity contribution in [2.45, 2.75) is 32.9 Å². The molecule has 0 fully saturated rings. The van der Waals surface area contributed by atoms with E-state index in [4.69, 9.17) is 4.42 Å². The van der Waals surface area contributed by atoms with Crippen molar-refractivity contribution in [1.82, 2.24) is 5.32 Å². The molecule has 0 bridgehead atoms. The fourth-order valence-corrected chi connectivity index (χ4v) is 1.80. The smallest absolute Gasteiger partial charge is 0.120 e. The van der Waals surface area contributed by atoms with Crippen molar-refractivity contribution in [2.75, 3.05) is 0 Å². The van der Waals surface area contributed by atoms with Crippen LogP contribution in [0.15, 0.2) is 47.1 Å². The normalized spacial score (nSPS) is 12.6. The summed E-state index contributed by atoms with van der Waals surface area (Å²) >= 11 is 0. The van der Waals surface area contributed by atoms with Gasteiger partial charge in [0.05, 0.1) is 12.3 Å². The number of rotatable bonds is 5. The molecular formula is C15H19NO. The standard InChI is InChI=1S/C15H19NO/c1-3-13-6-8-14(9-7-13)11-16-12(2)15-5-4-10-17-15/h4-10,12,16H,3,11H2,1-2H3/t12-/m0/s1. The van der Waals surface area contributed by atoms with Gasteiger partial charge in [-0.05, 0) is 36.6 Å². The summed E-state index contributed by atoms with van der Waals surface area (Å²) in [6.45, 7) is 5.15. The van der Waals surface area contributed by atoms with Crippen molar-refractivity contribution in [1.29, 1.82) is 0 Å². The number of hydrogen-bond donors (Lipinski definition) is 1. The third-order valence-electron chi connectivity index (χ3n) is 3.01. The van der Waals surface area contributed by atoms with Crippen LogP contribution in [-0.4, -0.2) is 0 Å². The summed E-state index contributed by atoms with van der Waals surface area (Å²) in [7, 11) is 0. The molecule has 0 unspecified atom stereocenters. The molecule has 0 saturated heterocycles. The van der Waals surface area contributed by atoms with E-state index in [1.165, 1.54) is 11.1 Å². The lowest BCUT2D eigenvalue weighted by Gasteiger charge is -2.11. The number of furan rings is 1. The van der Waals surface area contributed by atoms with Gasteiger partial charge in [-0.25, -0.2) is 0 Å². The van der Waals surface area contributed by atoms with Crippen LogP contribution in [-0.2, 0) is 13.0 Å². The van der Waals surface area contributed by atoms with Crippen LogP contribution in [0.3, 0.4) is 0 Å². The highest BCUT2D eigenvalue weighted by Crippen LogP contribution is 2.13. The second-order valence-corrected chi connectivity index (χ2v) is 4.29. The molecule has 0 spiro atoms. The van der Waals surface area contributed by atoms with Gasteiger partial charge in [0.15, 0.2) is 0 Å². The summed E-state index contributed by atoms with van der Waals surface area (Å²) < 4.78 is 5.36. The molecule has 2 rings (SSSR count). The quantitative estimate of drug-likeness (QED) is 0.845. The Kier molecular flexibility index (Phi) is 3.99. The van der Waals surface area contributed by atoms with Crippen LogP contribution in [0.1, 0.15) is 36.8 Å². The number of nitrogens with one attached hydrogen (secondary N) is 1. The van der Waals surface area contributed by atoms with E-state index in [0.717, 1.165) is 18.7 Å². The molecule has 0 aliphatic carbocycles. The van der Waals surface area contributed by atoms with E-state index in [1.54, 1.807) is 6.26 Å². The van der Waals surface area contributed by atoms with Crippen molar-refractivity contribution in [3.05, 3.63) is 59.5 Å². The van der Waals surface area contributed by atoms with E-state index in [-0.39, 0.29) is 6.04 Å². The SMILES string of the molecule is CCc1ccc(CN[C@@H](C)c2ccco2)cc1. The van der Waals surface area contributed by atoms with E-state index in [0.29, 0.717) is 0 Å². The first-order chi connectivity index (χ1) is 8.29. The van der Waals surface area contributed by atoms with E-state index in [2.05, 4.69) is 43.4 Å². The molecule has 1 aromatic heterocycles. The fourth-order valence-electron chi connectivity index (χ4n) is 1.80. The van der Waals surface area contributed by atoms with Crippen LogP contribution >= 0.6 is 0 Å². The molecule has 17 heavy (non-hydrogen) atoms. The highest BCUT2D eigenvalue weighted by atomic mass is 16.3. The molecule has 1 atom stereocenters. The zero-order valence-corrected chi connectivity index (χ0v) is 10.4. The fraction of sp³-hybridized carbons (Fsp3) is 0.333. The minimum absolute atomic E-state index is 0.246. The molecule has 0 aliphatic rings. The van der Waals surface area contributed by atoms with Crippen LogP contribution in [0.25, 0.3) is 0 Å². The minimum Gasteiger partial charge on any atom is -0.468 e. The van der Waals surface area contributed by atoms with E-state index in [9.17, 15) is 0 Å². The molecule has 2 heteroatoms. The Bertz CT molecular complexity index is 430. The Morgan fingerprint density at radius 2 is 1.82 bits per heavy atom. The highest BCUT2D eigenvalue weighted by molar-refractivity contribution is 5.22. The lowest BCUT2D eigenvalue weighted by Crippen LogP contribution is -2.17. The summed E-state index contributed by atoms with van der Waals surface area (Å²) in [5.41, 5.74) is 2.69. The first kappa shape index (κ1) is 11.9. The Labute approximate surface area is 103 Å². The van der Waals surface area contributed by atoms with Gasteiger partial charge in [0.2, 0.25) is 0 Å².